The van der Waals surface area contributed by atoms with Crippen LogP contribution in [0.3, 0.4) is 0 Å². The van der Waals surface area contributed by atoms with Gasteiger partial charge in [0.25, 0.3) is 0 Å². The van der Waals surface area contributed by atoms with Crippen LogP contribution in [0.2, 0.25) is 0 Å². The van der Waals surface area contributed by atoms with Crippen LogP contribution in [-0.2, 0) is 6.42 Å². The van der Waals surface area contributed by atoms with Gasteiger partial charge >= 0.3 is 0 Å². The van der Waals surface area contributed by atoms with Crippen molar-refractivity contribution in [1.29, 1.82) is 10.5 Å². The lowest BCUT2D eigenvalue weighted by molar-refractivity contribution is 1.01. The molecule has 1 aliphatic rings. The fourth-order valence-corrected chi connectivity index (χ4v) is 14.2. The summed E-state index contributed by atoms with van der Waals surface area (Å²) in [6.07, 6.45) is 13.3. The lowest BCUT2D eigenvalue weighted by Crippen LogP contribution is -2.17. The van der Waals surface area contributed by atoms with E-state index in [1.165, 1.54) is 0 Å². The van der Waals surface area contributed by atoms with Crippen LogP contribution in [0.4, 0.5) is 0 Å². The summed E-state index contributed by atoms with van der Waals surface area (Å²) in [7, 11) is 0. The first-order valence-electron chi connectivity index (χ1n) is 28.8. The Morgan fingerprint density at radius 1 is 0.341 bits per heavy atom. The van der Waals surface area contributed by atoms with E-state index in [1.54, 1.807) is 0 Å². The van der Waals surface area contributed by atoms with Gasteiger partial charge in [-0.05, 0) is 116 Å². The second kappa shape index (κ2) is 18.7. The second-order valence-corrected chi connectivity index (χ2v) is 22.2. The highest BCUT2D eigenvalue weighted by Crippen LogP contribution is 2.53. The van der Waals surface area contributed by atoms with Crippen LogP contribution < -0.4 is 0 Å². The summed E-state index contributed by atoms with van der Waals surface area (Å²) in [5, 5.41) is 38.3. The number of hydrogen-bond donors (Lipinski definition) is 0. The predicted octanol–water partition coefficient (Wildman–Crippen LogP) is 20.0. The summed E-state index contributed by atoms with van der Waals surface area (Å²) in [6, 6.07) is 87.9. The van der Waals surface area contributed by atoms with Crippen LogP contribution in [0.25, 0.3) is 149 Å². The minimum absolute atomic E-state index is 0.472. The Morgan fingerprint density at radius 3 is 1.22 bits per heavy atom. The van der Waals surface area contributed by atoms with Gasteiger partial charge in [-0.3, -0.25) is 0 Å². The zero-order chi connectivity index (χ0) is 56.4. The van der Waals surface area contributed by atoms with Crippen LogP contribution in [0.1, 0.15) is 22.4 Å². The molecule has 4 heterocycles. The van der Waals surface area contributed by atoms with E-state index in [0.717, 1.165) is 148 Å². The molecular formula is C79H48N6. The average Bonchev–Trinajstić information content (AvgIpc) is 1.65. The van der Waals surface area contributed by atoms with E-state index >= 15 is 0 Å². The van der Waals surface area contributed by atoms with Crippen LogP contribution in [-0.4, -0.2) is 18.3 Å². The smallest absolute Gasteiger partial charge is 0.104 e. The van der Waals surface area contributed by atoms with E-state index < -0.39 is 0 Å². The summed E-state index contributed by atoms with van der Waals surface area (Å²) < 4.78 is 9.67. The van der Waals surface area contributed by atoms with Crippen molar-refractivity contribution in [3.8, 4) is 46.0 Å². The average molecular weight is 1080 g/mol. The first kappa shape index (κ1) is 48.0. The molecule has 394 valence electrons. The fourth-order valence-electron chi connectivity index (χ4n) is 14.2. The zero-order valence-electron chi connectivity index (χ0n) is 46.0. The minimum atomic E-state index is 0.472. The third kappa shape index (κ3) is 6.92. The van der Waals surface area contributed by atoms with Gasteiger partial charge in [-0.25, -0.2) is 0 Å². The minimum Gasteiger partial charge on any atom is -0.306 e. The molecule has 0 saturated carbocycles. The SMILES string of the molecule is C=C1/C=C\C=C/Cc2c(n(-c3c(C#N)c(-n4c5ccccc5c5c6ccccc6ccc54)c(-n4c5ccccc5c5c6ccccc6ccc54)c(-c4ccc(C#N)cc4)c3-n3c4ccccc4c4c5ccccc5ccc43)c3ccccc23)/C=C\1. The summed E-state index contributed by atoms with van der Waals surface area (Å²) in [5.74, 6) is 0. The van der Waals surface area contributed by atoms with E-state index in [-0.39, 0.29) is 0 Å². The lowest BCUT2D eigenvalue weighted by Gasteiger charge is -2.29. The van der Waals surface area contributed by atoms with Gasteiger partial charge in [0.1, 0.15) is 11.6 Å². The molecule has 0 aliphatic heterocycles. The molecule has 17 rings (SSSR count). The van der Waals surface area contributed by atoms with Crippen LogP contribution >= 0.6 is 0 Å². The molecule has 6 nitrogen and oxygen atoms in total. The number of nitriles is 2. The molecule has 0 amide bonds. The van der Waals surface area contributed by atoms with Gasteiger partial charge in [0.2, 0.25) is 0 Å². The van der Waals surface area contributed by atoms with Gasteiger partial charge in [-0.1, -0.05) is 213 Å². The number of nitrogens with zero attached hydrogens (tertiary/aromatic N) is 6. The molecule has 0 unspecified atom stereocenters. The Balaban J connectivity index is 1.22. The normalized spacial score (nSPS) is 13.9. The number of rotatable bonds is 5. The molecule has 0 bridgehead atoms. The van der Waals surface area contributed by atoms with Crippen molar-refractivity contribution in [2.24, 2.45) is 0 Å². The molecule has 0 atom stereocenters. The number of para-hydroxylation sites is 4. The van der Waals surface area contributed by atoms with Gasteiger partial charge in [0, 0.05) is 43.3 Å². The van der Waals surface area contributed by atoms with Gasteiger partial charge in [0.05, 0.1) is 78.7 Å². The number of allylic oxidation sites excluding steroid dienone is 6. The summed E-state index contributed by atoms with van der Waals surface area (Å²) >= 11 is 0. The molecule has 1 aliphatic carbocycles. The van der Waals surface area contributed by atoms with Crippen LogP contribution in [0.15, 0.2) is 273 Å². The maximum atomic E-state index is 13.2. The molecule has 0 fully saturated rings. The molecule has 0 spiro atoms. The zero-order valence-corrected chi connectivity index (χ0v) is 46.0. The third-order valence-corrected chi connectivity index (χ3v) is 17.7. The van der Waals surface area contributed by atoms with Crippen molar-refractivity contribution in [3.05, 3.63) is 295 Å². The van der Waals surface area contributed by atoms with Crippen molar-refractivity contribution in [2.45, 2.75) is 6.42 Å². The summed E-state index contributed by atoms with van der Waals surface area (Å²) in [4.78, 5) is 0. The third-order valence-electron chi connectivity index (χ3n) is 17.7. The highest BCUT2D eigenvalue weighted by atomic mass is 15.1. The standard InChI is InChI=1S/C79H48N6/c1-49-19-3-2-4-26-59-58-27-11-15-31-64(58)82(68(59)43-35-49)76-63(48-81)77(83-65-32-16-12-28-60(65)73-55-23-8-5-20-51(55)40-44-69(73)83)79(85-67-34-18-14-30-62(67)75-57-25-10-7-22-53(57)42-46-71(75)85)72(54-38-36-50(47-80)37-39-54)78(76)84-66-33-17-13-29-61(66)74-56-24-9-6-21-52(56)41-45-70(74)84/h2-25,27-46H,1,26H2/b4-2-,19-3-,43-35-. The van der Waals surface area contributed by atoms with Gasteiger partial charge < -0.3 is 18.3 Å². The number of benzene rings is 12. The Morgan fingerprint density at radius 2 is 0.753 bits per heavy atom. The lowest BCUT2D eigenvalue weighted by atomic mass is 9.92. The molecule has 85 heavy (non-hydrogen) atoms. The van der Waals surface area contributed by atoms with Gasteiger partial charge in [0.15, 0.2) is 0 Å². The van der Waals surface area contributed by atoms with Crippen molar-refractivity contribution < 1.29 is 0 Å². The number of hydrogen-bond acceptors (Lipinski definition) is 2. The van der Waals surface area contributed by atoms with Crippen LogP contribution in [0.5, 0.6) is 0 Å². The molecular weight excluding hydrogens is 1030 g/mol. The molecule has 6 heteroatoms. The van der Waals surface area contributed by atoms with Crippen LogP contribution in [0, 0.1) is 22.7 Å². The highest BCUT2D eigenvalue weighted by Gasteiger charge is 2.36. The maximum absolute atomic E-state index is 13.2. The second-order valence-electron chi connectivity index (χ2n) is 22.2. The number of aromatic nitrogens is 4. The quantitative estimate of drug-likeness (QED) is 0.172. The number of fused-ring (bicyclic) bond motifs is 18. The van der Waals surface area contributed by atoms with E-state index in [1.807, 2.05) is 18.2 Å². The Bertz CT molecular complexity index is 5790. The molecule has 12 aromatic carbocycles. The molecule has 16 aromatic rings. The Labute approximate surface area is 488 Å². The first-order valence-corrected chi connectivity index (χ1v) is 28.8. The van der Waals surface area contributed by atoms with Crippen molar-refractivity contribution >= 4 is 115 Å². The van der Waals surface area contributed by atoms with Crippen molar-refractivity contribution in [2.75, 3.05) is 0 Å². The predicted molar refractivity (Wildman–Crippen MR) is 354 cm³/mol. The first-order chi connectivity index (χ1) is 42.1. The molecule has 0 saturated heterocycles. The molecule has 4 aromatic heterocycles. The Hall–Kier alpha value is -11.7. The van der Waals surface area contributed by atoms with E-state index in [0.29, 0.717) is 28.9 Å². The van der Waals surface area contributed by atoms with Crippen molar-refractivity contribution in [1.82, 2.24) is 18.3 Å². The summed E-state index contributed by atoms with van der Waals surface area (Å²) in [6.45, 7) is 4.50. The van der Waals surface area contributed by atoms with E-state index in [4.69, 9.17) is 0 Å². The topological polar surface area (TPSA) is 67.3 Å². The Kier molecular flexibility index (Phi) is 10.6. The van der Waals surface area contributed by atoms with Gasteiger partial charge in [-0.15, -0.1) is 0 Å². The fraction of sp³-hybridized carbons (Fsp3) is 0.0127. The van der Waals surface area contributed by atoms with E-state index in [9.17, 15) is 10.5 Å². The molecule has 0 N–H and O–H groups in total. The molecule has 0 radical (unpaired) electrons. The maximum Gasteiger partial charge on any atom is 0.104 e. The monoisotopic (exact) mass is 1080 g/mol. The van der Waals surface area contributed by atoms with Crippen molar-refractivity contribution in [3.63, 3.8) is 0 Å². The summed E-state index contributed by atoms with van der Waals surface area (Å²) in [5.41, 5.74) is 15.5. The van der Waals surface area contributed by atoms with Gasteiger partial charge in [-0.2, -0.15) is 10.5 Å². The van der Waals surface area contributed by atoms with E-state index in [2.05, 4.69) is 286 Å². The highest BCUT2D eigenvalue weighted by molar-refractivity contribution is 6.25. The largest absolute Gasteiger partial charge is 0.306 e.